The third-order valence-corrected chi connectivity index (χ3v) is 5.73. The molecule has 0 unspecified atom stereocenters. The van der Waals surface area contributed by atoms with Crippen molar-refractivity contribution in [2.75, 3.05) is 0 Å². The Morgan fingerprint density at radius 3 is 2.52 bits per heavy atom. The van der Waals surface area contributed by atoms with Crippen LogP contribution in [-0.2, 0) is 5.92 Å². The molecular weight excluding hydrogens is 441 g/mol. The number of alkyl halides is 5. The van der Waals surface area contributed by atoms with Gasteiger partial charge in [0.15, 0.2) is 0 Å². The second-order valence-electron chi connectivity index (χ2n) is 6.78. The molecule has 0 aliphatic rings. The summed E-state index contributed by atoms with van der Waals surface area (Å²) < 4.78 is 74.4. The number of aryl methyl sites for hydroxylation is 1. The molecule has 0 aromatic carbocycles. The summed E-state index contributed by atoms with van der Waals surface area (Å²) >= 11 is 1.24. The molecule has 0 saturated carbocycles. The highest BCUT2D eigenvalue weighted by atomic mass is 32.1. The van der Waals surface area contributed by atoms with Gasteiger partial charge in [0.05, 0.1) is 0 Å². The van der Waals surface area contributed by atoms with Crippen molar-refractivity contribution in [3.8, 4) is 22.0 Å². The zero-order valence-electron chi connectivity index (χ0n) is 15.5. The van der Waals surface area contributed by atoms with Crippen LogP contribution in [0.25, 0.3) is 38.7 Å². The van der Waals surface area contributed by atoms with Gasteiger partial charge in [0.25, 0.3) is 5.89 Å². The summed E-state index contributed by atoms with van der Waals surface area (Å²) in [7, 11) is 0. The molecule has 0 bridgehead atoms. The lowest BCUT2D eigenvalue weighted by Gasteiger charge is -2.20. The molecule has 0 fully saturated rings. The highest BCUT2D eigenvalue weighted by Gasteiger charge is 2.60. The molecular formula is C19H10F5N5OS. The number of aromatic nitrogens is 5. The third-order valence-electron chi connectivity index (χ3n) is 4.65. The monoisotopic (exact) mass is 451 g/mol. The average molecular weight is 451 g/mol. The SMILES string of the molecule is Cc1csc(-c2cc(C(F)(F)C(F)(F)F)nc3c2ccc2nc(-c4nnco4)cn23)c1. The Labute approximate surface area is 174 Å². The number of rotatable bonds is 3. The molecule has 0 amide bonds. The zero-order valence-corrected chi connectivity index (χ0v) is 16.3. The molecule has 158 valence electrons. The molecule has 0 radical (unpaired) electrons. The molecule has 0 aliphatic heterocycles. The van der Waals surface area contributed by atoms with Crippen LogP contribution in [0, 0.1) is 6.92 Å². The summed E-state index contributed by atoms with van der Waals surface area (Å²) in [5, 5.41) is 9.47. The summed E-state index contributed by atoms with van der Waals surface area (Å²) in [5.74, 6) is -5.07. The Kier molecular flexibility index (Phi) is 4.13. The fourth-order valence-corrected chi connectivity index (χ4v) is 4.13. The summed E-state index contributed by atoms with van der Waals surface area (Å²) in [6.07, 6.45) is -3.31. The van der Waals surface area contributed by atoms with E-state index in [-0.39, 0.29) is 28.4 Å². The standard InChI is InChI=1S/C19H10F5N5OS/c1-9-4-13(31-7-9)11-5-14(18(20,21)19(22,23)24)27-16-10(11)2-3-15-26-12(6-29(15)16)17-28-25-8-30-17/h2-8H,1H3. The van der Waals surface area contributed by atoms with Crippen LogP contribution in [-0.4, -0.2) is 30.7 Å². The lowest BCUT2D eigenvalue weighted by molar-refractivity contribution is -0.290. The summed E-state index contributed by atoms with van der Waals surface area (Å²) in [6, 6.07) is 5.71. The summed E-state index contributed by atoms with van der Waals surface area (Å²) in [5.41, 5.74) is 0.0862. The van der Waals surface area contributed by atoms with Gasteiger partial charge in [-0.2, -0.15) is 22.0 Å². The maximum Gasteiger partial charge on any atom is 0.459 e. The first-order valence-corrected chi connectivity index (χ1v) is 9.63. The van der Waals surface area contributed by atoms with Crippen molar-refractivity contribution in [2.45, 2.75) is 19.0 Å². The number of nitrogens with zero attached hydrogens (tertiary/aromatic N) is 5. The fourth-order valence-electron chi connectivity index (χ4n) is 3.20. The number of thiophene rings is 1. The molecule has 0 aliphatic carbocycles. The van der Waals surface area contributed by atoms with Gasteiger partial charge in [0, 0.05) is 22.0 Å². The first-order chi connectivity index (χ1) is 14.6. The Bertz CT molecular complexity index is 1420. The minimum atomic E-state index is -5.80. The van der Waals surface area contributed by atoms with Crippen molar-refractivity contribution in [3.63, 3.8) is 0 Å². The van der Waals surface area contributed by atoms with E-state index >= 15 is 0 Å². The van der Waals surface area contributed by atoms with Crippen LogP contribution < -0.4 is 0 Å². The van der Waals surface area contributed by atoms with E-state index in [1.165, 1.54) is 21.9 Å². The van der Waals surface area contributed by atoms with Crippen LogP contribution in [0.3, 0.4) is 0 Å². The maximum absolute atomic E-state index is 14.3. The molecule has 0 spiro atoms. The van der Waals surface area contributed by atoms with E-state index in [2.05, 4.69) is 20.2 Å². The minimum absolute atomic E-state index is 0.0720. The second kappa shape index (κ2) is 6.54. The van der Waals surface area contributed by atoms with E-state index in [0.29, 0.717) is 10.3 Å². The maximum atomic E-state index is 14.3. The molecule has 5 rings (SSSR count). The summed E-state index contributed by atoms with van der Waals surface area (Å²) in [4.78, 5) is 8.53. The number of fused-ring (bicyclic) bond motifs is 3. The number of pyridine rings is 2. The topological polar surface area (TPSA) is 69.1 Å². The van der Waals surface area contributed by atoms with E-state index in [9.17, 15) is 22.0 Å². The highest BCUT2D eigenvalue weighted by Crippen LogP contribution is 2.45. The van der Waals surface area contributed by atoms with Crippen molar-refractivity contribution in [1.29, 1.82) is 0 Å². The van der Waals surface area contributed by atoms with Crippen molar-refractivity contribution >= 4 is 28.0 Å². The minimum Gasteiger partial charge on any atom is -0.422 e. The Morgan fingerprint density at radius 1 is 1.06 bits per heavy atom. The Morgan fingerprint density at radius 2 is 1.87 bits per heavy atom. The van der Waals surface area contributed by atoms with Crippen LogP contribution >= 0.6 is 11.3 Å². The predicted molar refractivity (Wildman–Crippen MR) is 102 cm³/mol. The van der Waals surface area contributed by atoms with Crippen molar-refractivity contribution < 1.29 is 26.4 Å². The lowest BCUT2D eigenvalue weighted by Crippen LogP contribution is -2.34. The zero-order chi connectivity index (χ0) is 22.0. The van der Waals surface area contributed by atoms with Gasteiger partial charge < -0.3 is 4.42 Å². The van der Waals surface area contributed by atoms with Gasteiger partial charge in [0.2, 0.25) is 6.39 Å². The average Bonchev–Trinajstić information content (AvgIpc) is 3.45. The van der Waals surface area contributed by atoms with Gasteiger partial charge in [-0.25, -0.2) is 9.97 Å². The highest BCUT2D eigenvalue weighted by molar-refractivity contribution is 7.13. The smallest absolute Gasteiger partial charge is 0.422 e. The summed E-state index contributed by atoms with van der Waals surface area (Å²) in [6.45, 7) is 1.80. The third kappa shape index (κ3) is 3.05. The predicted octanol–water partition coefficient (Wildman–Crippen LogP) is 5.62. The van der Waals surface area contributed by atoms with E-state index in [1.807, 2.05) is 0 Å². The van der Waals surface area contributed by atoms with E-state index in [0.717, 1.165) is 18.0 Å². The van der Waals surface area contributed by atoms with Crippen LogP contribution in [0.5, 0.6) is 0 Å². The first kappa shape index (κ1) is 19.5. The van der Waals surface area contributed by atoms with E-state index in [1.54, 1.807) is 30.5 Å². The number of hydrogen-bond acceptors (Lipinski definition) is 6. The van der Waals surface area contributed by atoms with Crippen LogP contribution in [0.1, 0.15) is 11.3 Å². The lowest BCUT2D eigenvalue weighted by atomic mass is 10.1. The largest absolute Gasteiger partial charge is 0.459 e. The van der Waals surface area contributed by atoms with E-state index in [4.69, 9.17) is 4.42 Å². The Hall–Kier alpha value is -3.41. The number of hydrogen-bond donors (Lipinski definition) is 0. The molecule has 5 heterocycles. The van der Waals surface area contributed by atoms with Crippen LogP contribution in [0.15, 0.2) is 46.7 Å². The van der Waals surface area contributed by atoms with E-state index < -0.39 is 17.8 Å². The molecule has 0 atom stereocenters. The van der Waals surface area contributed by atoms with Crippen LogP contribution in [0.4, 0.5) is 22.0 Å². The molecule has 5 aromatic heterocycles. The normalized spacial score (nSPS) is 12.8. The number of imidazole rings is 1. The van der Waals surface area contributed by atoms with Gasteiger partial charge >= 0.3 is 12.1 Å². The van der Waals surface area contributed by atoms with Gasteiger partial charge in [-0.05, 0) is 42.1 Å². The van der Waals surface area contributed by atoms with Gasteiger partial charge in [-0.3, -0.25) is 4.40 Å². The Balaban J connectivity index is 1.85. The second-order valence-corrected chi connectivity index (χ2v) is 7.70. The molecule has 31 heavy (non-hydrogen) atoms. The quantitative estimate of drug-likeness (QED) is 0.333. The molecule has 6 nitrogen and oxygen atoms in total. The van der Waals surface area contributed by atoms with Crippen molar-refractivity contribution in [3.05, 3.63) is 53.5 Å². The number of halogens is 5. The molecule has 5 aromatic rings. The molecule has 0 saturated heterocycles. The molecule has 12 heteroatoms. The first-order valence-electron chi connectivity index (χ1n) is 8.75. The van der Waals surface area contributed by atoms with Crippen LogP contribution in [0.2, 0.25) is 0 Å². The van der Waals surface area contributed by atoms with Gasteiger partial charge in [-0.15, -0.1) is 21.5 Å². The van der Waals surface area contributed by atoms with Crippen molar-refractivity contribution in [2.24, 2.45) is 0 Å². The fraction of sp³-hybridized carbons (Fsp3) is 0.158. The van der Waals surface area contributed by atoms with Crippen molar-refractivity contribution in [1.82, 2.24) is 24.6 Å². The van der Waals surface area contributed by atoms with Gasteiger partial charge in [0.1, 0.15) is 22.7 Å². The van der Waals surface area contributed by atoms with Gasteiger partial charge in [-0.1, -0.05) is 0 Å². The molecule has 0 N–H and O–H groups in total.